The lowest BCUT2D eigenvalue weighted by molar-refractivity contribution is -0.130. The highest BCUT2D eigenvalue weighted by atomic mass is 16.5. The molecule has 0 bridgehead atoms. The number of benzene rings is 2. The van der Waals surface area contributed by atoms with Crippen LogP contribution in [0.25, 0.3) is 22.4 Å². The molecule has 0 aliphatic carbocycles. The van der Waals surface area contributed by atoms with E-state index >= 15 is 0 Å². The summed E-state index contributed by atoms with van der Waals surface area (Å²) in [5.41, 5.74) is 3.40. The molecule has 0 saturated carbocycles. The van der Waals surface area contributed by atoms with E-state index in [0.717, 1.165) is 48.3 Å². The van der Waals surface area contributed by atoms with Crippen LogP contribution in [0, 0.1) is 0 Å². The third-order valence-corrected chi connectivity index (χ3v) is 5.00. The predicted octanol–water partition coefficient (Wildman–Crippen LogP) is 4.14. The molecule has 2 atom stereocenters. The lowest BCUT2D eigenvalue weighted by Gasteiger charge is -2.24. The maximum atomic E-state index is 12.6. The van der Waals surface area contributed by atoms with Crippen molar-refractivity contribution in [3.8, 4) is 11.4 Å². The van der Waals surface area contributed by atoms with Crippen LogP contribution in [0.4, 0.5) is 5.69 Å². The van der Waals surface area contributed by atoms with E-state index in [0.29, 0.717) is 12.3 Å². The van der Waals surface area contributed by atoms with Crippen LogP contribution in [-0.4, -0.2) is 41.3 Å². The molecule has 6 heteroatoms. The highest BCUT2D eigenvalue weighted by molar-refractivity contribution is 5.97. The number of imidazole rings is 1. The molecule has 2 aromatic carbocycles. The molecule has 4 rings (SSSR count). The Labute approximate surface area is 164 Å². The van der Waals surface area contributed by atoms with Crippen LogP contribution in [0.2, 0.25) is 0 Å². The predicted molar refractivity (Wildman–Crippen MR) is 109 cm³/mol. The number of anilines is 1. The van der Waals surface area contributed by atoms with Crippen LogP contribution in [0.3, 0.4) is 0 Å². The monoisotopic (exact) mass is 379 g/mol. The zero-order chi connectivity index (χ0) is 19.3. The van der Waals surface area contributed by atoms with E-state index in [1.54, 1.807) is 6.92 Å². The Bertz CT molecular complexity index is 914. The van der Waals surface area contributed by atoms with E-state index in [-0.39, 0.29) is 12.0 Å². The van der Waals surface area contributed by atoms with Gasteiger partial charge in [0.25, 0.3) is 5.91 Å². The molecule has 28 heavy (non-hydrogen) atoms. The molecule has 0 spiro atoms. The first-order chi connectivity index (χ1) is 13.7. The Morgan fingerprint density at radius 3 is 2.89 bits per heavy atom. The summed E-state index contributed by atoms with van der Waals surface area (Å²) in [5.74, 6) is 0.542. The van der Waals surface area contributed by atoms with Crippen LogP contribution in [0.1, 0.15) is 26.2 Å². The standard InChI is InChI=1S/C22H25N3O3/c1-15(28-14-16-8-6-7-13-27-16)22(26)25-18-10-3-2-9-17(18)21-23-19-11-4-5-12-20(19)24-21/h2-5,9-12,15-16H,6-8,13-14H2,1H3,(H,23,24)(H,25,26). The Hall–Kier alpha value is -2.70. The summed E-state index contributed by atoms with van der Waals surface area (Å²) in [7, 11) is 0. The van der Waals surface area contributed by atoms with Crippen molar-refractivity contribution in [1.82, 2.24) is 9.97 Å². The van der Waals surface area contributed by atoms with E-state index < -0.39 is 6.10 Å². The quantitative estimate of drug-likeness (QED) is 0.675. The third-order valence-electron chi connectivity index (χ3n) is 5.00. The molecule has 2 N–H and O–H groups in total. The number of hydrogen-bond acceptors (Lipinski definition) is 4. The normalized spacial score (nSPS) is 18.1. The van der Waals surface area contributed by atoms with Gasteiger partial charge in [0.15, 0.2) is 0 Å². The summed E-state index contributed by atoms with van der Waals surface area (Å²) < 4.78 is 11.4. The molecule has 1 amide bonds. The summed E-state index contributed by atoms with van der Waals surface area (Å²) in [6.07, 6.45) is 2.77. The number of carbonyl (C=O) groups is 1. The summed E-state index contributed by atoms with van der Waals surface area (Å²) in [6.45, 7) is 2.99. The maximum Gasteiger partial charge on any atom is 0.253 e. The first-order valence-electron chi connectivity index (χ1n) is 9.79. The number of amides is 1. The fourth-order valence-electron chi connectivity index (χ4n) is 3.38. The minimum atomic E-state index is -0.561. The Balaban J connectivity index is 1.45. The van der Waals surface area contributed by atoms with E-state index in [1.165, 1.54) is 0 Å². The van der Waals surface area contributed by atoms with Crippen molar-refractivity contribution in [2.75, 3.05) is 18.5 Å². The number of rotatable bonds is 6. The summed E-state index contributed by atoms with van der Waals surface area (Å²) >= 11 is 0. The van der Waals surface area contributed by atoms with Crippen LogP contribution >= 0.6 is 0 Å². The molecule has 6 nitrogen and oxygen atoms in total. The number of nitrogens with one attached hydrogen (secondary N) is 2. The second-order valence-electron chi connectivity index (χ2n) is 7.10. The van der Waals surface area contributed by atoms with Crippen LogP contribution in [0.15, 0.2) is 48.5 Å². The second kappa shape index (κ2) is 8.54. The molecular weight excluding hydrogens is 354 g/mol. The van der Waals surface area contributed by atoms with E-state index in [2.05, 4.69) is 15.3 Å². The molecule has 1 aromatic heterocycles. The van der Waals surface area contributed by atoms with Crippen molar-refractivity contribution < 1.29 is 14.3 Å². The van der Waals surface area contributed by atoms with Crippen LogP contribution in [-0.2, 0) is 14.3 Å². The number of H-pyrrole nitrogens is 1. The molecule has 2 heterocycles. The van der Waals surface area contributed by atoms with E-state index in [4.69, 9.17) is 9.47 Å². The molecule has 3 aromatic rings. The Morgan fingerprint density at radius 2 is 2.07 bits per heavy atom. The number of ether oxygens (including phenoxy) is 2. The van der Waals surface area contributed by atoms with E-state index in [9.17, 15) is 4.79 Å². The first-order valence-corrected chi connectivity index (χ1v) is 9.79. The Kier molecular flexibility index (Phi) is 5.69. The fraction of sp³-hybridized carbons (Fsp3) is 0.364. The summed E-state index contributed by atoms with van der Waals surface area (Å²) in [6, 6.07) is 15.5. The van der Waals surface area contributed by atoms with Crippen molar-refractivity contribution in [1.29, 1.82) is 0 Å². The minimum absolute atomic E-state index is 0.0897. The van der Waals surface area contributed by atoms with Crippen molar-refractivity contribution in [3.63, 3.8) is 0 Å². The molecular formula is C22H25N3O3. The molecule has 1 aliphatic heterocycles. The van der Waals surface area contributed by atoms with Gasteiger partial charge in [-0.05, 0) is 50.5 Å². The number of fused-ring (bicyclic) bond motifs is 1. The van der Waals surface area contributed by atoms with Gasteiger partial charge >= 0.3 is 0 Å². The fourth-order valence-corrected chi connectivity index (χ4v) is 3.38. The number of aromatic nitrogens is 2. The van der Waals surface area contributed by atoms with Gasteiger partial charge in [-0.1, -0.05) is 24.3 Å². The number of aromatic amines is 1. The van der Waals surface area contributed by atoms with Gasteiger partial charge in [-0.15, -0.1) is 0 Å². The van der Waals surface area contributed by atoms with Gasteiger partial charge in [-0.2, -0.15) is 0 Å². The molecule has 146 valence electrons. The molecule has 1 fully saturated rings. The van der Waals surface area contributed by atoms with Gasteiger partial charge in [-0.3, -0.25) is 4.79 Å². The second-order valence-corrected chi connectivity index (χ2v) is 7.10. The highest BCUT2D eigenvalue weighted by Gasteiger charge is 2.20. The third kappa shape index (κ3) is 4.24. The summed E-state index contributed by atoms with van der Waals surface area (Å²) in [5, 5.41) is 2.98. The number of hydrogen-bond donors (Lipinski definition) is 2. The zero-order valence-corrected chi connectivity index (χ0v) is 16.0. The van der Waals surface area contributed by atoms with Gasteiger partial charge in [-0.25, -0.2) is 4.98 Å². The largest absolute Gasteiger partial charge is 0.376 e. The van der Waals surface area contributed by atoms with Crippen LogP contribution in [0.5, 0.6) is 0 Å². The van der Waals surface area contributed by atoms with Crippen LogP contribution < -0.4 is 5.32 Å². The topological polar surface area (TPSA) is 76.2 Å². The minimum Gasteiger partial charge on any atom is -0.376 e. The molecule has 1 saturated heterocycles. The smallest absolute Gasteiger partial charge is 0.253 e. The number of nitrogens with zero attached hydrogens (tertiary/aromatic N) is 1. The Morgan fingerprint density at radius 1 is 1.25 bits per heavy atom. The average molecular weight is 379 g/mol. The average Bonchev–Trinajstić information content (AvgIpc) is 3.17. The van der Waals surface area contributed by atoms with Crippen molar-refractivity contribution >= 4 is 22.6 Å². The lowest BCUT2D eigenvalue weighted by atomic mass is 10.1. The first kappa shape index (κ1) is 18.7. The zero-order valence-electron chi connectivity index (χ0n) is 16.0. The number of carbonyl (C=O) groups excluding carboxylic acids is 1. The lowest BCUT2D eigenvalue weighted by Crippen LogP contribution is -2.32. The van der Waals surface area contributed by atoms with Gasteiger partial charge in [0, 0.05) is 12.2 Å². The maximum absolute atomic E-state index is 12.6. The summed E-state index contributed by atoms with van der Waals surface area (Å²) in [4.78, 5) is 20.6. The SMILES string of the molecule is CC(OCC1CCCCO1)C(=O)Nc1ccccc1-c1nc2ccccc2[nH]1. The van der Waals surface area contributed by atoms with Crippen molar-refractivity contribution in [2.24, 2.45) is 0 Å². The van der Waals surface area contributed by atoms with Gasteiger partial charge in [0.1, 0.15) is 11.9 Å². The number of para-hydroxylation sites is 3. The van der Waals surface area contributed by atoms with Gasteiger partial charge in [0.05, 0.1) is 29.4 Å². The van der Waals surface area contributed by atoms with E-state index in [1.807, 2.05) is 48.5 Å². The van der Waals surface area contributed by atoms with Crippen molar-refractivity contribution in [2.45, 2.75) is 38.4 Å². The van der Waals surface area contributed by atoms with Gasteiger partial charge < -0.3 is 19.8 Å². The molecule has 0 radical (unpaired) electrons. The van der Waals surface area contributed by atoms with Gasteiger partial charge in [0.2, 0.25) is 0 Å². The molecule has 1 aliphatic rings. The molecule has 2 unspecified atom stereocenters. The highest BCUT2D eigenvalue weighted by Crippen LogP contribution is 2.27. The van der Waals surface area contributed by atoms with Crippen molar-refractivity contribution in [3.05, 3.63) is 48.5 Å².